The highest BCUT2D eigenvalue weighted by Gasteiger charge is 2.12. The highest BCUT2D eigenvalue weighted by Crippen LogP contribution is 2.18. The third-order valence-corrected chi connectivity index (χ3v) is 3.93. The number of amides is 1. The van der Waals surface area contributed by atoms with Crippen LogP contribution in [0.15, 0.2) is 24.3 Å². The SMILES string of the molecule is COc1ccc(NC(=O)C(C)SCCCCN)cc1. The molecule has 0 radical (unpaired) electrons. The van der Waals surface area contributed by atoms with Gasteiger partial charge in [-0.25, -0.2) is 0 Å². The van der Waals surface area contributed by atoms with Crippen molar-refractivity contribution in [3.8, 4) is 5.75 Å². The van der Waals surface area contributed by atoms with Crippen LogP contribution in [-0.4, -0.2) is 30.6 Å². The maximum atomic E-state index is 11.9. The smallest absolute Gasteiger partial charge is 0.237 e. The Morgan fingerprint density at radius 1 is 1.37 bits per heavy atom. The zero-order valence-corrected chi connectivity index (χ0v) is 12.3. The van der Waals surface area contributed by atoms with Crippen molar-refractivity contribution in [1.82, 2.24) is 0 Å². The fraction of sp³-hybridized carbons (Fsp3) is 0.500. The lowest BCUT2D eigenvalue weighted by Gasteiger charge is -2.12. The number of benzene rings is 1. The summed E-state index contributed by atoms with van der Waals surface area (Å²) >= 11 is 1.66. The van der Waals surface area contributed by atoms with Gasteiger partial charge in [-0.3, -0.25) is 4.79 Å². The second-order valence-electron chi connectivity index (χ2n) is 4.23. The molecule has 0 fully saturated rings. The molecule has 0 saturated carbocycles. The van der Waals surface area contributed by atoms with Gasteiger partial charge < -0.3 is 15.8 Å². The molecule has 1 amide bonds. The topological polar surface area (TPSA) is 64.3 Å². The molecule has 5 heteroatoms. The summed E-state index contributed by atoms with van der Waals surface area (Å²) in [6.45, 7) is 2.64. The molecule has 106 valence electrons. The number of hydrogen-bond acceptors (Lipinski definition) is 4. The Kier molecular flexibility index (Phi) is 7.36. The zero-order valence-electron chi connectivity index (χ0n) is 11.5. The van der Waals surface area contributed by atoms with E-state index in [1.165, 1.54) is 0 Å². The Morgan fingerprint density at radius 2 is 2.05 bits per heavy atom. The average Bonchev–Trinajstić information content (AvgIpc) is 2.44. The second kappa shape index (κ2) is 8.82. The lowest BCUT2D eigenvalue weighted by atomic mass is 10.3. The van der Waals surface area contributed by atoms with Crippen molar-refractivity contribution < 1.29 is 9.53 Å². The number of carbonyl (C=O) groups excluding carboxylic acids is 1. The van der Waals surface area contributed by atoms with Gasteiger partial charge in [-0.1, -0.05) is 0 Å². The molecule has 0 bridgehead atoms. The minimum atomic E-state index is -0.0557. The first-order valence-corrected chi connectivity index (χ1v) is 7.49. The van der Waals surface area contributed by atoms with Crippen LogP contribution < -0.4 is 15.8 Å². The maximum absolute atomic E-state index is 11.9. The molecule has 1 rings (SSSR count). The average molecular weight is 282 g/mol. The van der Waals surface area contributed by atoms with Gasteiger partial charge in [-0.15, -0.1) is 11.8 Å². The monoisotopic (exact) mass is 282 g/mol. The van der Waals surface area contributed by atoms with E-state index in [9.17, 15) is 4.79 Å². The predicted molar refractivity (Wildman–Crippen MR) is 81.8 cm³/mol. The summed E-state index contributed by atoms with van der Waals surface area (Å²) in [6.07, 6.45) is 2.07. The Hall–Kier alpha value is -1.20. The summed E-state index contributed by atoms with van der Waals surface area (Å²) in [4.78, 5) is 11.9. The highest BCUT2D eigenvalue weighted by molar-refractivity contribution is 8.00. The van der Waals surface area contributed by atoms with Crippen molar-refractivity contribution in [2.75, 3.05) is 24.7 Å². The van der Waals surface area contributed by atoms with E-state index in [0.717, 1.165) is 30.0 Å². The Labute approximate surface area is 119 Å². The van der Waals surface area contributed by atoms with E-state index in [1.54, 1.807) is 18.9 Å². The molecule has 1 aromatic rings. The number of anilines is 1. The molecule has 0 spiro atoms. The molecule has 0 aliphatic heterocycles. The van der Waals surface area contributed by atoms with Crippen molar-refractivity contribution >= 4 is 23.4 Å². The number of thioether (sulfide) groups is 1. The van der Waals surface area contributed by atoms with Crippen LogP contribution in [0.1, 0.15) is 19.8 Å². The minimum absolute atomic E-state index is 0.0305. The Morgan fingerprint density at radius 3 is 2.63 bits per heavy atom. The van der Waals surface area contributed by atoms with Crippen LogP contribution in [0.4, 0.5) is 5.69 Å². The summed E-state index contributed by atoms with van der Waals surface area (Å²) in [5.41, 5.74) is 6.22. The minimum Gasteiger partial charge on any atom is -0.497 e. The van der Waals surface area contributed by atoms with E-state index in [-0.39, 0.29) is 11.2 Å². The zero-order chi connectivity index (χ0) is 14.1. The third kappa shape index (κ3) is 5.98. The number of ether oxygens (including phenoxy) is 1. The number of carbonyl (C=O) groups is 1. The molecule has 0 aliphatic rings. The quantitative estimate of drug-likeness (QED) is 0.719. The molecule has 0 heterocycles. The van der Waals surface area contributed by atoms with Crippen molar-refractivity contribution in [3.63, 3.8) is 0 Å². The molecule has 4 nitrogen and oxygen atoms in total. The van der Waals surface area contributed by atoms with Gasteiger partial charge in [0.15, 0.2) is 0 Å². The molecule has 0 saturated heterocycles. The van der Waals surface area contributed by atoms with Crippen LogP contribution in [-0.2, 0) is 4.79 Å². The van der Waals surface area contributed by atoms with Crippen LogP contribution in [0.5, 0.6) is 5.75 Å². The number of rotatable bonds is 8. The van der Waals surface area contributed by atoms with Crippen molar-refractivity contribution in [2.24, 2.45) is 5.73 Å². The van der Waals surface area contributed by atoms with Gasteiger partial charge in [0.25, 0.3) is 0 Å². The number of hydrogen-bond donors (Lipinski definition) is 2. The van der Waals surface area contributed by atoms with Gasteiger partial charge in [-0.05, 0) is 56.3 Å². The van der Waals surface area contributed by atoms with Gasteiger partial charge in [-0.2, -0.15) is 0 Å². The summed E-state index contributed by atoms with van der Waals surface area (Å²) in [6, 6.07) is 7.33. The first-order valence-electron chi connectivity index (χ1n) is 6.44. The van der Waals surface area contributed by atoms with Crippen LogP contribution >= 0.6 is 11.8 Å². The lowest BCUT2D eigenvalue weighted by Crippen LogP contribution is -2.22. The van der Waals surface area contributed by atoms with E-state index in [0.29, 0.717) is 6.54 Å². The van der Waals surface area contributed by atoms with Crippen LogP contribution in [0.25, 0.3) is 0 Å². The van der Waals surface area contributed by atoms with Gasteiger partial charge in [0.05, 0.1) is 12.4 Å². The maximum Gasteiger partial charge on any atom is 0.237 e. The number of nitrogens with two attached hydrogens (primary N) is 1. The third-order valence-electron chi connectivity index (χ3n) is 2.69. The molecule has 1 aromatic carbocycles. The summed E-state index contributed by atoms with van der Waals surface area (Å²) < 4.78 is 5.07. The first-order chi connectivity index (χ1) is 9.17. The van der Waals surface area contributed by atoms with Crippen molar-refractivity contribution in [2.45, 2.75) is 25.0 Å². The van der Waals surface area contributed by atoms with Crippen LogP contribution in [0.3, 0.4) is 0 Å². The van der Waals surface area contributed by atoms with E-state index in [4.69, 9.17) is 10.5 Å². The van der Waals surface area contributed by atoms with Gasteiger partial charge in [0.1, 0.15) is 5.75 Å². The van der Waals surface area contributed by atoms with Crippen molar-refractivity contribution in [1.29, 1.82) is 0 Å². The van der Waals surface area contributed by atoms with E-state index in [2.05, 4.69) is 5.32 Å². The van der Waals surface area contributed by atoms with Crippen molar-refractivity contribution in [3.05, 3.63) is 24.3 Å². The molecular weight excluding hydrogens is 260 g/mol. The lowest BCUT2D eigenvalue weighted by molar-refractivity contribution is -0.115. The molecule has 0 aromatic heterocycles. The predicted octanol–water partition coefficient (Wildman–Crippen LogP) is 2.49. The molecule has 19 heavy (non-hydrogen) atoms. The number of methoxy groups -OCH3 is 1. The molecule has 3 N–H and O–H groups in total. The summed E-state index contributed by atoms with van der Waals surface area (Å²) in [7, 11) is 1.62. The first kappa shape index (κ1) is 15.9. The molecule has 1 atom stereocenters. The van der Waals surface area contributed by atoms with Gasteiger partial charge >= 0.3 is 0 Å². The number of unbranched alkanes of at least 4 members (excludes halogenated alkanes) is 1. The van der Waals surface area contributed by atoms with E-state index >= 15 is 0 Å². The summed E-state index contributed by atoms with van der Waals surface area (Å²) in [5.74, 6) is 1.78. The standard InChI is InChI=1S/C14H22N2O2S/c1-11(19-10-4-3-9-15)14(17)16-12-5-7-13(18-2)8-6-12/h5-8,11H,3-4,9-10,15H2,1-2H3,(H,16,17). The fourth-order valence-electron chi connectivity index (χ4n) is 1.50. The van der Waals surface area contributed by atoms with Crippen LogP contribution in [0, 0.1) is 0 Å². The Balaban J connectivity index is 2.36. The molecule has 1 unspecified atom stereocenters. The van der Waals surface area contributed by atoms with Gasteiger partial charge in [0.2, 0.25) is 5.91 Å². The highest BCUT2D eigenvalue weighted by atomic mass is 32.2. The Bertz CT molecular complexity index is 382. The van der Waals surface area contributed by atoms with E-state index < -0.39 is 0 Å². The fourth-order valence-corrected chi connectivity index (χ4v) is 2.44. The normalized spacial score (nSPS) is 11.9. The second-order valence-corrected chi connectivity index (χ2v) is 5.68. The van der Waals surface area contributed by atoms with Gasteiger partial charge in [0, 0.05) is 5.69 Å². The van der Waals surface area contributed by atoms with Crippen LogP contribution in [0.2, 0.25) is 0 Å². The van der Waals surface area contributed by atoms with E-state index in [1.807, 2.05) is 31.2 Å². The number of nitrogens with one attached hydrogen (secondary N) is 1. The molecular formula is C14H22N2O2S. The summed E-state index contributed by atoms with van der Waals surface area (Å²) in [5, 5.41) is 2.84. The molecule has 0 aliphatic carbocycles. The largest absolute Gasteiger partial charge is 0.497 e.